The Labute approximate surface area is 147 Å². The molecule has 0 saturated carbocycles. The van der Waals surface area contributed by atoms with Crippen molar-refractivity contribution in [3.05, 3.63) is 65.7 Å². The van der Waals surface area contributed by atoms with Crippen LogP contribution < -0.4 is 15.4 Å². The number of amides is 2. The van der Waals surface area contributed by atoms with E-state index in [9.17, 15) is 23.5 Å². The smallest absolute Gasteiger partial charge is 0.255 e. The maximum atomic E-state index is 14.0. The van der Waals surface area contributed by atoms with Gasteiger partial charge >= 0.3 is 0 Å². The second kappa shape index (κ2) is 6.83. The molecule has 0 saturated heterocycles. The molecule has 1 atom stereocenters. The van der Waals surface area contributed by atoms with E-state index in [1.807, 2.05) is 0 Å². The molecule has 1 heterocycles. The number of anilines is 1. The molecule has 3 rings (SSSR count). The van der Waals surface area contributed by atoms with Crippen LogP contribution in [0.4, 0.5) is 14.5 Å². The third-order valence-corrected chi connectivity index (χ3v) is 3.81. The molecule has 0 radical (unpaired) electrons. The molecule has 0 aromatic heterocycles. The number of benzene rings is 2. The van der Waals surface area contributed by atoms with E-state index in [-0.39, 0.29) is 34.9 Å². The zero-order valence-electron chi connectivity index (χ0n) is 13.4. The zero-order chi connectivity index (χ0) is 18.8. The van der Waals surface area contributed by atoms with E-state index in [1.54, 1.807) is 0 Å². The third kappa shape index (κ3) is 3.34. The summed E-state index contributed by atoms with van der Waals surface area (Å²) in [5.74, 6) is -3.11. The molecule has 2 aromatic rings. The lowest BCUT2D eigenvalue weighted by atomic mass is 10.1. The second-order valence-electron chi connectivity index (χ2n) is 5.56. The highest BCUT2D eigenvalue weighted by atomic mass is 19.1. The Hall–Kier alpha value is -3.42. The van der Waals surface area contributed by atoms with Crippen molar-refractivity contribution in [2.24, 2.45) is 0 Å². The van der Waals surface area contributed by atoms with Crippen LogP contribution in [-0.4, -0.2) is 23.5 Å². The van der Waals surface area contributed by atoms with E-state index < -0.39 is 29.5 Å². The standard InChI is InChI=1S/C18H14F2N2O4/c1-2-16(24)21-10-3-4-14(23)11(7-10)18(25)22-13-8-26-15-6-9(19)5-12(20)17(13)15/h2-7,13,23H,1,8H2,(H,21,24)(H,22,25). The Morgan fingerprint density at radius 2 is 2.04 bits per heavy atom. The minimum Gasteiger partial charge on any atom is -0.507 e. The fraction of sp³-hybridized carbons (Fsp3) is 0.111. The highest BCUT2D eigenvalue weighted by Crippen LogP contribution is 2.35. The van der Waals surface area contributed by atoms with Gasteiger partial charge in [-0.3, -0.25) is 9.59 Å². The maximum Gasteiger partial charge on any atom is 0.255 e. The summed E-state index contributed by atoms with van der Waals surface area (Å²) in [5, 5.41) is 14.9. The summed E-state index contributed by atoms with van der Waals surface area (Å²) < 4.78 is 32.4. The Bertz CT molecular complexity index is 914. The number of hydrogen-bond donors (Lipinski definition) is 3. The van der Waals surface area contributed by atoms with Crippen molar-refractivity contribution in [3.63, 3.8) is 0 Å². The number of carbonyl (C=O) groups is 2. The summed E-state index contributed by atoms with van der Waals surface area (Å²) >= 11 is 0. The van der Waals surface area contributed by atoms with Gasteiger partial charge in [-0.25, -0.2) is 8.78 Å². The fourth-order valence-electron chi connectivity index (χ4n) is 2.61. The molecule has 8 heteroatoms. The van der Waals surface area contributed by atoms with E-state index in [4.69, 9.17) is 4.74 Å². The maximum absolute atomic E-state index is 14.0. The van der Waals surface area contributed by atoms with Crippen LogP contribution in [0.2, 0.25) is 0 Å². The number of rotatable bonds is 4. The molecule has 6 nitrogen and oxygen atoms in total. The number of phenols is 1. The number of phenolic OH excluding ortho intramolecular Hbond substituents is 1. The molecule has 134 valence electrons. The van der Waals surface area contributed by atoms with Gasteiger partial charge in [0, 0.05) is 17.8 Å². The fourth-order valence-corrected chi connectivity index (χ4v) is 2.61. The Morgan fingerprint density at radius 3 is 2.77 bits per heavy atom. The SMILES string of the molecule is C=CC(=O)Nc1ccc(O)c(C(=O)NC2COc3cc(F)cc(F)c32)c1. The monoisotopic (exact) mass is 360 g/mol. The average molecular weight is 360 g/mol. The molecule has 0 spiro atoms. The lowest BCUT2D eigenvalue weighted by molar-refractivity contribution is -0.111. The van der Waals surface area contributed by atoms with Crippen LogP contribution in [0.5, 0.6) is 11.5 Å². The molecule has 26 heavy (non-hydrogen) atoms. The molecule has 0 bridgehead atoms. The largest absolute Gasteiger partial charge is 0.507 e. The first-order valence-corrected chi connectivity index (χ1v) is 7.58. The number of ether oxygens (including phenoxy) is 1. The average Bonchev–Trinajstić information content (AvgIpc) is 2.99. The summed E-state index contributed by atoms with van der Waals surface area (Å²) in [5.41, 5.74) is 0.187. The summed E-state index contributed by atoms with van der Waals surface area (Å²) in [4.78, 5) is 23.8. The van der Waals surface area contributed by atoms with E-state index >= 15 is 0 Å². The van der Waals surface area contributed by atoms with Gasteiger partial charge in [0.25, 0.3) is 5.91 Å². The van der Waals surface area contributed by atoms with Crippen molar-refractivity contribution < 1.29 is 28.2 Å². The highest BCUT2D eigenvalue weighted by molar-refractivity contribution is 6.02. The third-order valence-electron chi connectivity index (χ3n) is 3.81. The molecule has 1 aliphatic rings. The van der Waals surface area contributed by atoms with Crippen molar-refractivity contribution in [1.82, 2.24) is 5.32 Å². The first kappa shape index (κ1) is 17.4. The zero-order valence-corrected chi connectivity index (χ0v) is 13.4. The molecule has 2 aromatic carbocycles. The van der Waals surface area contributed by atoms with Crippen LogP contribution >= 0.6 is 0 Å². The van der Waals surface area contributed by atoms with Gasteiger partial charge in [0.2, 0.25) is 5.91 Å². The molecule has 2 amide bonds. The minimum absolute atomic E-state index is 0.0176. The van der Waals surface area contributed by atoms with Crippen LogP contribution in [-0.2, 0) is 4.79 Å². The first-order chi connectivity index (χ1) is 12.4. The van der Waals surface area contributed by atoms with Crippen molar-refractivity contribution in [2.45, 2.75) is 6.04 Å². The molecule has 1 unspecified atom stereocenters. The van der Waals surface area contributed by atoms with Gasteiger partial charge in [0.1, 0.15) is 29.7 Å². The van der Waals surface area contributed by atoms with Gasteiger partial charge in [-0.05, 0) is 24.3 Å². The van der Waals surface area contributed by atoms with Crippen LogP contribution in [0.25, 0.3) is 0 Å². The molecule has 0 fully saturated rings. The lowest BCUT2D eigenvalue weighted by Crippen LogP contribution is -2.30. The van der Waals surface area contributed by atoms with Crippen LogP contribution in [0.15, 0.2) is 43.0 Å². The molecule has 0 aliphatic carbocycles. The Kier molecular flexibility index (Phi) is 4.57. The van der Waals surface area contributed by atoms with Gasteiger partial charge in [0.15, 0.2) is 0 Å². The highest BCUT2D eigenvalue weighted by Gasteiger charge is 2.30. The summed E-state index contributed by atoms with van der Waals surface area (Å²) in [6.45, 7) is 3.24. The molecule has 1 aliphatic heterocycles. The van der Waals surface area contributed by atoms with Crippen LogP contribution in [0.3, 0.4) is 0 Å². The minimum atomic E-state index is -0.844. The lowest BCUT2D eigenvalue weighted by Gasteiger charge is -2.14. The van der Waals surface area contributed by atoms with E-state index in [1.165, 1.54) is 18.2 Å². The summed E-state index contributed by atoms with van der Waals surface area (Å²) in [6, 6.07) is 4.81. The number of carbonyl (C=O) groups excluding carboxylic acids is 2. The number of nitrogens with one attached hydrogen (secondary N) is 2. The van der Waals surface area contributed by atoms with Crippen molar-refractivity contribution in [2.75, 3.05) is 11.9 Å². The van der Waals surface area contributed by atoms with Gasteiger partial charge in [-0.1, -0.05) is 6.58 Å². The topological polar surface area (TPSA) is 87.7 Å². The number of halogens is 2. The quantitative estimate of drug-likeness (QED) is 0.578. The predicted octanol–water partition coefficient (Wildman–Crippen LogP) is 2.66. The predicted molar refractivity (Wildman–Crippen MR) is 89.0 cm³/mol. The molecular formula is C18H14F2N2O4. The number of hydrogen-bond acceptors (Lipinski definition) is 4. The van der Waals surface area contributed by atoms with Crippen molar-refractivity contribution in [1.29, 1.82) is 0 Å². The van der Waals surface area contributed by atoms with Crippen LogP contribution in [0.1, 0.15) is 22.0 Å². The number of aromatic hydroxyl groups is 1. The van der Waals surface area contributed by atoms with Crippen LogP contribution in [0, 0.1) is 11.6 Å². The number of fused-ring (bicyclic) bond motifs is 1. The summed E-state index contributed by atoms with van der Waals surface area (Å²) in [6.07, 6.45) is 1.06. The van der Waals surface area contributed by atoms with Crippen molar-refractivity contribution >= 4 is 17.5 Å². The Morgan fingerprint density at radius 1 is 1.27 bits per heavy atom. The van der Waals surface area contributed by atoms with Gasteiger partial charge in [-0.15, -0.1) is 0 Å². The van der Waals surface area contributed by atoms with Gasteiger partial charge in [0.05, 0.1) is 17.2 Å². The normalized spacial score (nSPS) is 14.9. The Balaban J connectivity index is 1.83. The second-order valence-corrected chi connectivity index (χ2v) is 5.56. The van der Waals surface area contributed by atoms with E-state index in [2.05, 4.69) is 17.2 Å². The van der Waals surface area contributed by atoms with Crippen molar-refractivity contribution in [3.8, 4) is 11.5 Å². The van der Waals surface area contributed by atoms with Gasteiger partial charge < -0.3 is 20.5 Å². The van der Waals surface area contributed by atoms with E-state index in [0.717, 1.165) is 12.1 Å². The first-order valence-electron chi connectivity index (χ1n) is 7.58. The molecule has 3 N–H and O–H groups in total. The summed E-state index contributed by atoms with van der Waals surface area (Å²) in [7, 11) is 0. The van der Waals surface area contributed by atoms with Gasteiger partial charge in [-0.2, -0.15) is 0 Å². The van der Waals surface area contributed by atoms with E-state index in [0.29, 0.717) is 6.07 Å². The molecular weight excluding hydrogens is 346 g/mol.